The molecule has 1 amide bonds. The highest BCUT2D eigenvalue weighted by molar-refractivity contribution is 7.80. The number of rotatable bonds is 5. The third kappa shape index (κ3) is 6.34. The average Bonchev–Trinajstić information content (AvgIpc) is 2.72. The Balaban J connectivity index is 1.68. The lowest BCUT2D eigenvalue weighted by Gasteiger charge is -2.27. The lowest BCUT2D eigenvalue weighted by atomic mass is 10.1. The van der Waals surface area contributed by atoms with Gasteiger partial charge >= 0.3 is 0 Å². The number of hydrogen-bond donors (Lipinski definition) is 3. The van der Waals surface area contributed by atoms with Crippen molar-refractivity contribution >= 4 is 80.6 Å². The summed E-state index contributed by atoms with van der Waals surface area (Å²) in [4.78, 5) is 12.3. The minimum atomic E-state index is -1.83. The van der Waals surface area contributed by atoms with E-state index in [1.807, 2.05) is 72.8 Å². The molecular weight excluding hydrogens is 461 g/mol. The van der Waals surface area contributed by atoms with E-state index in [0.29, 0.717) is 0 Å². The maximum atomic E-state index is 12.3. The van der Waals surface area contributed by atoms with E-state index in [9.17, 15) is 4.79 Å². The Morgan fingerprint density at radius 2 is 1.57 bits per heavy atom. The first kappa shape index (κ1) is 22.4. The summed E-state index contributed by atoms with van der Waals surface area (Å²) in [5, 5.41) is 10.8. The van der Waals surface area contributed by atoms with E-state index in [-0.39, 0.29) is 5.11 Å². The van der Waals surface area contributed by atoms with Crippen LogP contribution in [0, 0.1) is 0 Å². The monoisotopic (exact) mass is 477 g/mol. The number of thiocarbonyl (C=S) groups is 1. The Bertz CT molecular complexity index is 1060. The fourth-order valence-corrected chi connectivity index (χ4v) is 3.31. The molecule has 30 heavy (non-hydrogen) atoms. The van der Waals surface area contributed by atoms with Crippen LogP contribution in [0.1, 0.15) is 5.56 Å². The fraction of sp³-hybridized carbons (Fsp3) is 0.0909. The van der Waals surface area contributed by atoms with Crippen LogP contribution in [-0.4, -0.2) is 21.0 Å². The Labute approximate surface area is 195 Å². The molecule has 0 aliphatic carbocycles. The van der Waals surface area contributed by atoms with Gasteiger partial charge in [0, 0.05) is 17.1 Å². The van der Waals surface area contributed by atoms with Crippen molar-refractivity contribution in [2.45, 2.75) is 9.96 Å². The number of alkyl halides is 3. The molecule has 0 aromatic heterocycles. The van der Waals surface area contributed by atoms with Crippen LogP contribution in [0.3, 0.4) is 0 Å². The van der Waals surface area contributed by atoms with Crippen molar-refractivity contribution in [3.8, 4) is 0 Å². The number of amides is 1. The third-order valence-electron chi connectivity index (χ3n) is 4.15. The smallest absolute Gasteiger partial charge is 0.245 e. The molecule has 0 saturated carbocycles. The van der Waals surface area contributed by atoms with Gasteiger partial charge in [0.1, 0.15) is 6.17 Å². The van der Waals surface area contributed by atoms with E-state index in [2.05, 4.69) is 16.0 Å². The summed E-state index contributed by atoms with van der Waals surface area (Å²) >= 11 is 23.5. The first-order chi connectivity index (χ1) is 14.3. The molecule has 3 N–H and O–H groups in total. The Hall–Kier alpha value is -2.31. The summed E-state index contributed by atoms with van der Waals surface area (Å²) in [6.07, 6.45) is 1.98. The first-order valence-electron chi connectivity index (χ1n) is 8.98. The standard InChI is InChI=1S/C22H18Cl3N3OS/c23-22(24,25)20(27-19(29)14-13-15-7-2-1-3-8-15)28-21(30)26-18-12-6-10-16-9-4-5-11-17(16)18/h1-14,20H,(H,27,29)(H2,26,28,30)/b14-13+. The highest BCUT2D eigenvalue weighted by atomic mass is 35.6. The van der Waals surface area contributed by atoms with Crippen molar-refractivity contribution in [2.24, 2.45) is 0 Å². The third-order valence-corrected chi connectivity index (χ3v) is 5.03. The number of carbonyl (C=O) groups is 1. The zero-order valence-electron chi connectivity index (χ0n) is 15.6. The maximum Gasteiger partial charge on any atom is 0.245 e. The van der Waals surface area contributed by atoms with Crippen molar-refractivity contribution < 1.29 is 4.79 Å². The highest BCUT2D eigenvalue weighted by Crippen LogP contribution is 2.29. The van der Waals surface area contributed by atoms with E-state index >= 15 is 0 Å². The number of anilines is 1. The molecule has 0 heterocycles. The number of benzene rings is 3. The quantitative estimate of drug-likeness (QED) is 0.192. The van der Waals surface area contributed by atoms with Crippen molar-refractivity contribution in [3.63, 3.8) is 0 Å². The van der Waals surface area contributed by atoms with Gasteiger partial charge in [0.2, 0.25) is 9.70 Å². The summed E-state index contributed by atoms with van der Waals surface area (Å²) in [5.41, 5.74) is 1.67. The average molecular weight is 479 g/mol. The minimum absolute atomic E-state index is 0.204. The molecule has 0 bridgehead atoms. The van der Waals surface area contributed by atoms with Crippen LogP contribution in [0.4, 0.5) is 5.69 Å². The van der Waals surface area contributed by atoms with Gasteiger partial charge in [-0.05, 0) is 35.3 Å². The van der Waals surface area contributed by atoms with Gasteiger partial charge in [0.25, 0.3) is 0 Å². The van der Waals surface area contributed by atoms with E-state index < -0.39 is 15.9 Å². The Kier molecular flexibility index (Phi) is 7.56. The largest absolute Gasteiger partial charge is 0.339 e. The van der Waals surface area contributed by atoms with Gasteiger partial charge in [0.15, 0.2) is 5.11 Å². The van der Waals surface area contributed by atoms with E-state index in [4.69, 9.17) is 47.0 Å². The van der Waals surface area contributed by atoms with Gasteiger partial charge in [-0.1, -0.05) is 102 Å². The van der Waals surface area contributed by atoms with Crippen molar-refractivity contribution in [1.82, 2.24) is 10.6 Å². The predicted octanol–water partition coefficient (Wildman–Crippen LogP) is 5.65. The van der Waals surface area contributed by atoms with Crippen LogP contribution in [0.25, 0.3) is 16.8 Å². The van der Waals surface area contributed by atoms with E-state index in [0.717, 1.165) is 22.0 Å². The van der Waals surface area contributed by atoms with Gasteiger partial charge in [0.05, 0.1) is 0 Å². The van der Waals surface area contributed by atoms with Gasteiger partial charge < -0.3 is 16.0 Å². The molecule has 0 radical (unpaired) electrons. The van der Waals surface area contributed by atoms with Crippen molar-refractivity contribution in [3.05, 3.63) is 84.4 Å². The van der Waals surface area contributed by atoms with Gasteiger partial charge in [-0.15, -0.1) is 0 Å². The number of fused-ring (bicyclic) bond motifs is 1. The summed E-state index contributed by atoms with van der Waals surface area (Å²) in [5.74, 6) is -0.435. The van der Waals surface area contributed by atoms with Gasteiger partial charge in [-0.3, -0.25) is 4.79 Å². The van der Waals surface area contributed by atoms with Crippen LogP contribution < -0.4 is 16.0 Å². The van der Waals surface area contributed by atoms with Crippen LogP contribution in [0.5, 0.6) is 0 Å². The van der Waals surface area contributed by atoms with Crippen LogP contribution in [0.2, 0.25) is 0 Å². The molecule has 0 aliphatic rings. The number of halogens is 3. The molecular formula is C22H18Cl3N3OS. The van der Waals surface area contributed by atoms with Crippen molar-refractivity contribution in [1.29, 1.82) is 0 Å². The van der Waals surface area contributed by atoms with E-state index in [1.165, 1.54) is 6.08 Å². The molecule has 0 aliphatic heterocycles. The number of carbonyl (C=O) groups excluding carboxylic acids is 1. The normalized spacial score (nSPS) is 12.5. The topological polar surface area (TPSA) is 53.2 Å². The molecule has 0 saturated heterocycles. The van der Waals surface area contributed by atoms with Gasteiger partial charge in [-0.25, -0.2) is 0 Å². The Morgan fingerprint density at radius 1 is 0.900 bits per heavy atom. The lowest BCUT2D eigenvalue weighted by Crippen LogP contribution is -2.55. The molecule has 8 heteroatoms. The predicted molar refractivity (Wildman–Crippen MR) is 131 cm³/mol. The van der Waals surface area contributed by atoms with E-state index in [1.54, 1.807) is 6.08 Å². The molecule has 4 nitrogen and oxygen atoms in total. The lowest BCUT2D eigenvalue weighted by molar-refractivity contribution is -0.117. The zero-order valence-corrected chi connectivity index (χ0v) is 18.7. The molecule has 3 rings (SSSR count). The molecule has 3 aromatic rings. The Morgan fingerprint density at radius 3 is 2.30 bits per heavy atom. The minimum Gasteiger partial charge on any atom is -0.339 e. The molecule has 3 aromatic carbocycles. The van der Waals surface area contributed by atoms with Crippen LogP contribution in [-0.2, 0) is 4.79 Å². The molecule has 154 valence electrons. The van der Waals surface area contributed by atoms with Crippen LogP contribution >= 0.6 is 47.0 Å². The second-order valence-corrected chi connectivity index (χ2v) is 9.13. The summed E-state index contributed by atoms with van der Waals surface area (Å²) in [6, 6.07) is 23.1. The molecule has 1 atom stereocenters. The highest BCUT2D eigenvalue weighted by Gasteiger charge is 2.34. The summed E-state index contributed by atoms with van der Waals surface area (Å²) in [6.45, 7) is 0. The van der Waals surface area contributed by atoms with Gasteiger partial charge in [-0.2, -0.15) is 0 Å². The first-order valence-corrected chi connectivity index (χ1v) is 10.5. The van der Waals surface area contributed by atoms with Crippen LogP contribution in [0.15, 0.2) is 78.9 Å². The summed E-state index contributed by atoms with van der Waals surface area (Å²) in [7, 11) is 0. The fourth-order valence-electron chi connectivity index (χ4n) is 2.75. The summed E-state index contributed by atoms with van der Waals surface area (Å²) < 4.78 is -1.83. The SMILES string of the molecule is O=C(/C=C/c1ccccc1)NC(NC(=S)Nc1cccc2ccccc12)C(Cl)(Cl)Cl. The molecule has 0 spiro atoms. The second-order valence-electron chi connectivity index (χ2n) is 6.35. The molecule has 0 fully saturated rings. The number of nitrogens with one attached hydrogen (secondary N) is 3. The second kappa shape index (κ2) is 10.1. The van der Waals surface area contributed by atoms with Crippen molar-refractivity contribution in [2.75, 3.05) is 5.32 Å². The molecule has 1 unspecified atom stereocenters. The zero-order chi connectivity index (χ0) is 21.6. The number of hydrogen-bond acceptors (Lipinski definition) is 2. The maximum absolute atomic E-state index is 12.3.